The summed E-state index contributed by atoms with van der Waals surface area (Å²) in [5.41, 5.74) is 1.92. The van der Waals surface area contributed by atoms with Crippen LogP contribution in [-0.2, 0) is 21.0 Å². The van der Waals surface area contributed by atoms with E-state index in [1.165, 1.54) is 54.6 Å². The van der Waals surface area contributed by atoms with Gasteiger partial charge in [0.25, 0.3) is 21.6 Å². The summed E-state index contributed by atoms with van der Waals surface area (Å²) in [5, 5.41) is 14.6. The predicted molar refractivity (Wildman–Crippen MR) is 144 cm³/mol. The highest BCUT2D eigenvalue weighted by atomic mass is 32.2. The number of amides is 1. The zero-order chi connectivity index (χ0) is 29.8. The Bertz CT molecular complexity index is 1700. The van der Waals surface area contributed by atoms with Gasteiger partial charge >= 0.3 is 6.18 Å². The van der Waals surface area contributed by atoms with Crippen LogP contribution in [0.5, 0.6) is 0 Å². The van der Waals surface area contributed by atoms with Gasteiger partial charge in [-0.2, -0.15) is 18.3 Å². The second kappa shape index (κ2) is 11.6. The molecule has 0 radical (unpaired) electrons. The standard InChI is InChI=1S/C27H21F3N4O6S/c1-18-5-12-24(13-6-18)41(38,39)33(22-4-2-3-20(15-22)27(28,29)30)17-26(35)32-31-16-23-11-14-25(40-23)19-7-9-21(10-8-19)34(36)37/h2-16H,17H2,1H3,(H,32,35)/b31-16-. The highest BCUT2D eigenvalue weighted by molar-refractivity contribution is 7.92. The molecular weight excluding hydrogens is 565 g/mol. The Morgan fingerprint density at radius 2 is 1.73 bits per heavy atom. The molecule has 0 bridgehead atoms. The van der Waals surface area contributed by atoms with Gasteiger partial charge in [-0.1, -0.05) is 23.8 Å². The van der Waals surface area contributed by atoms with Crippen molar-refractivity contribution < 1.29 is 35.7 Å². The van der Waals surface area contributed by atoms with Gasteiger partial charge in [-0.05, 0) is 61.5 Å². The van der Waals surface area contributed by atoms with Gasteiger partial charge in [-0.3, -0.25) is 19.2 Å². The van der Waals surface area contributed by atoms with E-state index >= 15 is 0 Å². The Morgan fingerprint density at radius 3 is 2.37 bits per heavy atom. The van der Waals surface area contributed by atoms with Gasteiger partial charge in [0.15, 0.2) is 0 Å². The minimum atomic E-state index is -4.74. The highest BCUT2D eigenvalue weighted by Gasteiger charge is 2.33. The number of alkyl halides is 3. The first-order chi connectivity index (χ1) is 19.3. The fraction of sp³-hybridized carbons (Fsp3) is 0.111. The Kier molecular flexibility index (Phi) is 8.23. The molecule has 0 saturated heterocycles. The van der Waals surface area contributed by atoms with Crippen LogP contribution in [-0.4, -0.2) is 32.0 Å². The largest absolute Gasteiger partial charge is 0.455 e. The summed E-state index contributed by atoms with van der Waals surface area (Å²) in [6, 6.07) is 18.0. The van der Waals surface area contributed by atoms with Gasteiger partial charge in [0.05, 0.1) is 27.3 Å². The maximum Gasteiger partial charge on any atom is 0.416 e. The number of hydrogen-bond acceptors (Lipinski definition) is 7. The van der Waals surface area contributed by atoms with Crippen LogP contribution in [0.1, 0.15) is 16.9 Å². The van der Waals surface area contributed by atoms with E-state index in [1.54, 1.807) is 13.0 Å². The van der Waals surface area contributed by atoms with E-state index in [2.05, 4.69) is 10.5 Å². The number of nitro benzene ring substituents is 1. The van der Waals surface area contributed by atoms with Gasteiger partial charge in [0, 0.05) is 17.7 Å². The molecule has 0 atom stereocenters. The van der Waals surface area contributed by atoms with Crippen LogP contribution in [0.15, 0.2) is 99.3 Å². The molecule has 4 rings (SSSR count). The molecule has 14 heteroatoms. The number of nitrogens with one attached hydrogen (secondary N) is 1. The van der Waals surface area contributed by atoms with Crippen molar-refractivity contribution in [1.82, 2.24) is 5.43 Å². The molecular formula is C27H21F3N4O6S. The van der Waals surface area contributed by atoms with Gasteiger partial charge in [0.2, 0.25) is 0 Å². The number of hydrazone groups is 1. The number of rotatable bonds is 9. The minimum absolute atomic E-state index is 0.0895. The number of furan rings is 1. The molecule has 0 saturated carbocycles. The van der Waals surface area contributed by atoms with Crippen LogP contribution in [0.2, 0.25) is 0 Å². The summed E-state index contributed by atoms with van der Waals surface area (Å²) in [6.07, 6.45) is -3.60. The van der Waals surface area contributed by atoms with E-state index in [0.717, 1.165) is 30.0 Å². The molecule has 4 aromatic rings. The van der Waals surface area contributed by atoms with Crippen molar-refractivity contribution in [2.24, 2.45) is 5.10 Å². The molecule has 10 nitrogen and oxygen atoms in total. The Morgan fingerprint density at radius 1 is 1.05 bits per heavy atom. The first-order valence-corrected chi connectivity index (χ1v) is 13.2. The molecule has 0 aliphatic rings. The number of carbonyl (C=O) groups is 1. The Labute approximate surface area is 231 Å². The fourth-order valence-corrected chi connectivity index (χ4v) is 5.06. The van der Waals surface area contributed by atoms with E-state index < -0.39 is 39.1 Å². The van der Waals surface area contributed by atoms with Gasteiger partial charge in [-0.15, -0.1) is 0 Å². The van der Waals surface area contributed by atoms with E-state index in [0.29, 0.717) is 21.7 Å². The summed E-state index contributed by atoms with van der Waals surface area (Å²) < 4.78 is 73.0. The number of halogens is 3. The van der Waals surface area contributed by atoms with Crippen molar-refractivity contribution in [2.75, 3.05) is 10.8 Å². The SMILES string of the molecule is Cc1ccc(S(=O)(=O)N(CC(=O)N/N=C\c2ccc(-c3ccc([N+](=O)[O-])cc3)o2)c2cccc(C(F)(F)F)c2)cc1. The molecule has 41 heavy (non-hydrogen) atoms. The molecule has 3 aromatic carbocycles. The number of sulfonamides is 1. The first kappa shape index (κ1) is 29.0. The fourth-order valence-electron chi connectivity index (χ4n) is 3.65. The molecule has 0 aliphatic heterocycles. The van der Waals surface area contributed by atoms with Crippen molar-refractivity contribution in [2.45, 2.75) is 18.0 Å². The van der Waals surface area contributed by atoms with Crippen LogP contribution >= 0.6 is 0 Å². The van der Waals surface area contributed by atoms with Crippen LogP contribution in [0.3, 0.4) is 0 Å². The average molecular weight is 587 g/mol. The summed E-state index contributed by atoms with van der Waals surface area (Å²) in [7, 11) is -4.45. The lowest BCUT2D eigenvalue weighted by molar-refractivity contribution is -0.384. The monoisotopic (exact) mass is 586 g/mol. The lowest BCUT2D eigenvalue weighted by Crippen LogP contribution is -2.39. The van der Waals surface area contributed by atoms with Crippen LogP contribution in [0.4, 0.5) is 24.5 Å². The third kappa shape index (κ3) is 6.97. The molecule has 0 aliphatic carbocycles. The summed E-state index contributed by atoms with van der Waals surface area (Å²) >= 11 is 0. The smallest absolute Gasteiger partial charge is 0.416 e. The average Bonchev–Trinajstić information content (AvgIpc) is 3.40. The third-order valence-corrected chi connectivity index (χ3v) is 7.52. The first-order valence-electron chi connectivity index (χ1n) is 11.8. The number of aryl methyl sites for hydroxylation is 1. The van der Waals surface area contributed by atoms with Crippen molar-refractivity contribution in [3.05, 3.63) is 112 Å². The molecule has 0 fully saturated rings. The van der Waals surface area contributed by atoms with Crippen LogP contribution in [0, 0.1) is 17.0 Å². The van der Waals surface area contributed by atoms with Gasteiger partial charge in [-0.25, -0.2) is 13.8 Å². The lowest BCUT2D eigenvalue weighted by atomic mass is 10.1. The topological polar surface area (TPSA) is 135 Å². The molecule has 212 valence electrons. The minimum Gasteiger partial charge on any atom is -0.455 e. The maximum absolute atomic E-state index is 13.4. The van der Waals surface area contributed by atoms with Crippen molar-refractivity contribution in [3.63, 3.8) is 0 Å². The number of hydrogen-bond donors (Lipinski definition) is 1. The number of carbonyl (C=O) groups excluding carboxylic acids is 1. The van der Waals surface area contributed by atoms with Gasteiger partial charge < -0.3 is 4.42 Å². The van der Waals surface area contributed by atoms with Crippen molar-refractivity contribution >= 4 is 33.5 Å². The molecule has 0 spiro atoms. The zero-order valence-electron chi connectivity index (χ0n) is 21.2. The molecule has 1 heterocycles. The number of non-ortho nitro benzene ring substituents is 1. The molecule has 1 amide bonds. The summed E-state index contributed by atoms with van der Waals surface area (Å²) in [5.74, 6) is -0.371. The van der Waals surface area contributed by atoms with Crippen LogP contribution < -0.4 is 9.73 Å². The summed E-state index contributed by atoms with van der Waals surface area (Å²) in [6.45, 7) is 0.862. The normalized spacial score (nSPS) is 11.9. The van der Waals surface area contributed by atoms with E-state index in [1.807, 2.05) is 0 Å². The third-order valence-electron chi connectivity index (χ3n) is 5.73. The Hall–Kier alpha value is -4.98. The lowest BCUT2D eigenvalue weighted by Gasteiger charge is -2.24. The molecule has 0 unspecified atom stereocenters. The number of nitrogens with zero attached hydrogens (tertiary/aromatic N) is 3. The van der Waals surface area contributed by atoms with Gasteiger partial charge in [0.1, 0.15) is 18.1 Å². The zero-order valence-corrected chi connectivity index (χ0v) is 22.0. The second-order valence-corrected chi connectivity index (χ2v) is 10.5. The highest BCUT2D eigenvalue weighted by Crippen LogP contribution is 2.33. The second-order valence-electron chi connectivity index (χ2n) is 8.67. The summed E-state index contributed by atoms with van der Waals surface area (Å²) in [4.78, 5) is 22.8. The number of anilines is 1. The van der Waals surface area contributed by atoms with Crippen molar-refractivity contribution in [1.29, 1.82) is 0 Å². The predicted octanol–water partition coefficient (Wildman–Crippen LogP) is 5.53. The van der Waals surface area contributed by atoms with Crippen molar-refractivity contribution in [3.8, 4) is 11.3 Å². The molecule has 1 aromatic heterocycles. The van der Waals surface area contributed by atoms with E-state index in [9.17, 15) is 36.5 Å². The number of nitro groups is 1. The molecule has 1 N–H and O–H groups in total. The van der Waals surface area contributed by atoms with E-state index in [4.69, 9.17) is 4.42 Å². The Balaban J connectivity index is 1.53. The van der Waals surface area contributed by atoms with Crippen LogP contribution in [0.25, 0.3) is 11.3 Å². The number of benzene rings is 3. The van der Waals surface area contributed by atoms with E-state index in [-0.39, 0.29) is 22.0 Å². The quantitative estimate of drug-likeness (QED) is 0.156. The maximum atomic E-state index is 13.4.